The topological polar surface area (TPSA) is 50.8 Å². The van der Waals surface area contributed by atoms with Gasteiger partial charge >= 0.3 is 0 Å². The normalized spacial score (nSPS) is 12.8. The lowest BCUT2D eigenvalue weighted by molar-refractivity contribution is -0.116. The Morgan fingerprint density at radius 3 is 2.68 bits per heavy atom. The first-order valence-corrected chi connectivity index (χ1v) is 8.19. The molecule has 0 saturated carbocycles. The molecule has 25 heavy (non-hydrogen) atoms. The number of benzene rings is 2. The number of amides is 1. The van der Waals surface area contributed by atoms with Gasteiger partial charge in [-0.2, -0.15) is 0 Å². The van der Waals surface area contributed by atoms with Gasteiger partial charge in [0.1, 0.15) is 0 Å². The Kier molecular flexibility index (Phi) is 5.36. The van der Waals surface area contributed by atoms with Crippen LogP contribution in [0.4, 0.5) is 0 Å². The molecule has 0 aromatic heterocycles. The first-order valence-electron chi connectivity index (χ1n) is 8.19. The molecule has 0 unspecified atom stereocenters. The lowest BCUT2D eigenvalue weighted by atomic mass is 10.1. The van der Waals surface area contributed by atoms with Gasteiger partial charge in [0.15, 0.2) is 11.5 Å². The van der Waals surface area contributed by atoms with Crippen molar-refractivity contribution in [3.63, 3.8) is 0 Å². The third-order valence-corrected chi connectivity index (χ3v) is 3.88. The van der Waals surface area contributed by atoms with Gasteiger partial charge in [0.2, 0.25) is 12.7 Å². The van der Waals surface area contributed by atoms with Crippen LogP contribution in [0.25, 0.3) is 6.08 Å². The molecular weight excluding hydrogens is 316 g/mol. The molecule has 3 rings (SSSR count). The summed E-state index contributed by atoms with van der Waals surface area (Å²) in [6.45, 7) is 1.60. The Morgan fingerprint density at radius 2 is 1.88 bits per heavy atom. The minimum Gasteiger partial charge on any atom is -0.454 e. The van der Waals surface area contributed by atoms with Gasteiger partial charge in [-0.05, 0) is 49.0 Å². The molecule has 2 aromatic carbocycles. The van der Waals surface area contributed by atoms with Crippen molar-refractivity contribution in [1.82, 2.24) is 10.2 Å². The predicted octanol–water partition coefficient (Wildman–Crippen LogP) is 2.81. The minimum atomic E-state index is -0.127. The predicted molar refractivity (Wildman–Crippen MR) is 97.3 cm³/mol. The number of fused-ring (bicyclic) bond motifs is 1. The van der Waals surface area contributed by atoms with E-state index < -0.39 is 0 Å². The van der Waals surface area contributed by atoms with Crippen LogP contribution in [0.5, 0.6) is 11.5 Å². The fourth-order valence-corrected chi connectivity index (χ4v) is 2.65. The number of carbonyl (C=O) groups is 1. The molecule has 0 atom stereocenters. The van der Waals surface area contributed by atoms with Crippen molar-refractivity contribution >= 4 is 12.0 Å². The van der Waals surface area contributed by atoms with Crippen LogP contribution in [0.1, 0.15) is 16.7 Å². The SMILES string of the molecule is CN(C)Cc1ccccc1CNC(=O)/C=C/c1ccc2c(c1)OCO2. The van der Waals surface area contributed by atoms with Crippen LogP contribution in [0, 0.1) is 0 Å². The van der Waals surface area contributed by atoms with Crippen molar-refractivity contribution in [2.75, 3.05) is 20.9 Å². The highest BCUT2D eigenvalue weighted by atomic mass is 16.7. The summed E-state index contributed by atoms with van der Waals surface area (Å²) in [4.78, 5) is 14.2. The Balaban J connectivity index is 1.58. The molecule has 1 amide bonds. The number of hydrogen-bond acceptors (Lipinski definition) is 4. The smallest absolute Gasteiger partial charge is 0.244 e. The van der Waals surface area contributed by atoms with Crippen LogP contribution in [0.3, 0.4) is 0 Å². The zero-order valence-corrected chi connectivity index (χ0v) is 14.5. The summed E-state index contributed by atoms with van der Waals surface area (Å²) in [5.74, 6) is 1.32. The van der Waals surface area contributed by atoms with Crippen LogP contribution in [-0.2, 0) is 17.9 Å². The molecule has 0 radical (unpaired) electrons. The van der Waals surface area contributed by atoms with Gasteiger partial charge in [0.05, 0.1) is 0 Å². The van der Waals surface area contributed by atoms with Crippen LogP contribution in [-0.4, -0.2) is 31.7 Å². The standard InChI is InChI=1S/C20H22N2O3/c1-22(2)13-17-6-4-3-5-16(17)12-21-20(23)10-8-15-7-9-18-19(11-15)25-14-24-18/h3-11H,12-14H2,1-2H3,(H,21,23)/b10-8+. The van der Waals surface area contributed by atoms with Gasteiger partial charge in [0, 0.05) is 19.2 Å². The molecule has 130 valence electrons. The number of hydrogen-bond donors (Lipinski definition) is 1. The van der Waals surface area contributed by atoms with Crippen molar-refractivity contribution in [1.29, 1.82) is 0 Å². The molecule has 0 bridgehead atoms. The summed E-state index contributed by atoms with van der Waals surface area (Å²) in [7, 11) is 4.06. The monoisotopic (exact) mass is 338 g/mol. The van der Waals surface area contributed by atoms with Gasteiger partial charge in [-0.3, -0.25) is 4.79 Å². The minimum absolute atomic E-state index is 0.127. The van der Waals surface area contributed by atoms with Crippen LogP contribution in [0.15, 0.2) is 48.5 Å². The molecule has 1 N–H and O–H groups in total. The van der Waals surface area contributed by atoms with Gasteiger partial charge in [-0.1, -0.05) is 30.3 Å². The van der Waals surface area contributed by atoms with Crippen molar-refractivity contribution in [3.8, 4) is 11.5 Å². The summed E-state index contributed by atoms with van der Waals surface area (Å²) in [5, 5.41) is 2.93. The molecule has 5 heteroatoms. The van der Waals surface area contributed by atoms with E-state index in [1.165, 1.54) is 11.6 Å². The molecule has 0 fully saturated rings. The Morgan fingerprint density at radius 1 is 1.12 bits per heavy atom. The van der Waals surface area contributed by atoms with E-state index in [0.717, 1.165) is 23.4 Å². The van der Waals surface area contributed by atoms with Crippen LogP contribution < -0.4 is 14.8 Å². The van der Waals surface area contributed by atoms with Crippen molar-refractivity contribution in [2.45, 2.75) is 13.1 Å². The summed E-state index contributed by atoms with van der Waals surface area (Å²) >= 11 is 0. The Hall–Kier alpha value is -2.79. The summed E-state index contributed by atoms with van der Waals surface area (Å²) in [6, 6.07) is 13.7. The second-order valence-corrected chi connectivity index (χ2v) is 6.17. The molecule has 0 spiro atoms. The molecular formula is C20H22N2O3. The zero-order valence-electron chi connectivity index (χ0n) is 14.5. The fraction of sp³-hybridized carbons (Fsp3) is 0.250. The zero-order chi connectivity index (χ0) is 17.6. The second-order valence-electron chi connectivity index (χ2n) is 6.17. The average molecular weight is 338 g/mol. The van der Waals surface area contributed by atoms with Crippen LogP contribution in [0.2, 0.25) is 0 Å². The van der Waals surface area contributed by atoms with E-state index in [1.54, 1.807) is 6.08 Å². The van der Waals surface area contributed by atoms with E-state index in [1.807, 2.05) is 50.5 Å². The maximum absolute atomic E-state index is 12.1. The Labute approximate surface area is 147 Å². The molecule has 0 saturated heterocycles. The molecule has 2 aromatic rings. The maximum atomic E-state index is 12.1. The van der Waals surface area contributed by atoms with E-state index in [4.69, 9.17) is 9.47 Å². The molecule has 1 heterocycles. The first-order chi connectivity index (χ1) is 12.1. The summed E-state index contributed by atoms with van der Waals surface area (Å²) in [5.41, 5.74) is 3.24. The van der Waals surface area contributed by atoms with E-state index in [-0.39, 0.29) is 12.7 Å². The average Bonchev–Trinajstić information content (AvgIpc) is 3.06. The summed E-state index contributed by atoms with van der Waals surface area (Å²) in [6.07, 6.45) is 3.30. The number of carbonyl (C=O) groups excluding carboxylic acids is 1. The molecule has 5 nitrogen and oxygen atoms in total. The van der Waals surface area contributed by atoms with E-state index in [0.29, 0.717) is 12.3 Å². The third kappa shape index (κ3) is 4.61. The lowest BCUT2D eigenvalue weighted by Crippen LogP contribution is -2.22. The third-order valence-electron chi connectivity index (χ3n) is 3.88. The highest BCUT2D eigenvalue weighted by molar-refractivity contribution is 5.91. The quantitative estimate of drug-likeness (QED) is 0.823. The maximum Gasteiger partial charge on any atom is 0.244 e. The van der Waals surface area contributed by atoms with Crippen molar-refractivity contribution in [2.24, 2.45) is 0 Å². The van der Waals surface area contributed by atoms with E-state index >= 15 is 0 Å². The lowest BCUT2D eigenvalue weighted by Gasteiger charge is -2.14. The Bertz CT molecular complexity index is 784. The highest BCUT2D eigenvalue weighted by Crippen LogP contribution is 2.32. The molecule has 0 aliphatic carbocycles. The van der Waals surface area contributed by atoms with Gasteiger partial charge in [-0.15, -0.1) is 0 Å². The van der Waals surface area contributed by atoms with E-state index in [2.05, 4.69) is 16.3 Å². The number of nitrogens with zero attached hydrogens (tertiary/aromatic N) is 1. The van der Waals surface area contributed by atoms with E-state index in [9.17, 15) is 4.79 Å². The second kappa shape index (κ2) is 7.85. The van der Waals surface area contributed by atoms with Crippen molar-refractivity contribution in [3.05, 3.63) is 65.2 Å². The number of ether oxygens (including phenoxy) is 2. The van der Waals surface area contributed by atoms with Gasteiger partial charge in [-0.25, -0.2) is 0 Å². The first kappa shape index (κ1) is 17.0. The van der Waals surface area contributed by atoms with Crippen LogP contribution >= 0.6 is 0 Å². The van der Waals surface area contributed by atoms with Gasteiger partial charge in [0.25, 0.3) is 0 Å². The summed E-state index contributed by atoms with van der Waals surface area (Å²) < 4.78 is 10.6. The highest BCUT2D eigenvalue weighted by Gasteiger charge is 2.12. The molecule has 1 aliphatic rings. The van der Waals surface area contributed by atoms with Gasteiger partial charge < -0.3 is 19.7 Å². The fourth-order valence-electron chi connectivity index (χ4n) is 2.65. The number of nitrogens with one attached hydrogen (secondary N) is 1. The number of rotatable bonds is 6. The van der Waals surface area contributed by atoms with Crippen molar-refractivity contribution < 1.29 is 14.3 Å². The molecule has 1 aliphatic heterocycles. The largest absolute Gasteiger partial charge is 0.454 e.